The van der Waals surface area contributed by atoms with Crippen molar-refractivity contribution in [2.45, 2.75) is 31.6 Å². The van der Waals surface area contributed by atoms with Crippen molar-refractivity contribution in [2.75, 3.05) is 11.0 Å². The molecule has 0 bridgehead atoms. The molecule has 12 heteroatoms. The molecule has 0 aliphatic carbocycles. The highest BCUT2D eigenvalue weighted by Crippen LogP contribution is 2.32. The van der Waals surface area contributed by atoms with E-state index in [0.717, 1.165) is 26.8 Å². The summed E-state index contributed by atoms with van der Waals surface area (Å²) in [5, 5.41) is 26.0. The molecule has 220 valence electrons. The highest BCUT2D eigenvalue weighted by atomic mass is 127. The summed E-state index contributed by atoms with van der Waals surface area (Å²) in [5.41, 5.74) is 4.50. The number of aliphatic hydroxyl groups is 1. The maximum atomic E-state index is 13.3. The zero-order chi connectivity index (χ0) is 30.4. The Morgan fingerprint density at radius 3 is 2.29 bits per heavy atom. The van der Waals surface area contributed by atoms with Gasteiger partial charge in [0.25, 0.3) is 5.91 Å². The molecular weight excluding hydrogens is 683 g/mol. The molecule has 2 atom stereocenters. The third kappa shape index (κ3) is 8.26. The van der Waals surface area contributed by atoms with Gasteiger partial charge < -0.3 is 20.3 Å². The lowest BCUT2D eigenvalue weighted by molar-refractivity contribution is -0.159. The number of hydrogen-bond acceptors (Lipinski definition) is 5. The van der Waals surface area contributed by atoms with Crippen molar-refractivity contribution in [1.82, 2.24) is 15.1 Å². The Morgan fingerprint density at radius 2 is 1.71 bits per heavy atom. The van der Waals surface area contributed by atoms with E-state index in [1.165, 1.54) is 12.1 Å². The molecule has 3 aromatic carbocycles. The van der Waals surface area contributed by atoms with Gasteiger partial charge in [-0.3, -0.25) is 9.48 Å². The SMILES string of the molecule is CC(F)(F)Oc1ccc(-c2cc(C(CI)c3ccc(Cl)cc3)n(Cc3ccc(C(=O)NCC(O)C(=O)O)cc3)n2)cc1. The Labute approximate surface area is 259 Å². The number of rotatable bonds is 12. The van der Waals surface area contributed by atoms with Crippen LogP contribution in [0.1, 0.15) is 40.0 Å². The highest BCUT2D eigenvalue weighted by Gasteiger charge is 2.24. The maximum Gasteiger partial charge on any atom is 0.394 e. The number of nitrogens with zero attached hydrogens (tertiary/aromatic N) is 2. The molecule has 42 heavy (non-hydrogen) atoms. The van der Waals surface area contributed by atoms with E-state index in [4.69, 9.17) is 21.8 Å². The second-order valence-corrected chi connectivity index (χ2v) is 10.9. The lowest BCUT2D eigenvalue weighted by atomic mass is 9.97. The van der Waals surface area contributed by atoms with Gasteiger partial charge in [0.15, 0.2) is 6.10 Å². The average Bonchev–Trinajstić information content (AvgIpc) is 3.36. The number of benzene rings is 3. The Hall–Kier alpha value is -3.55. The Balaban J connectivity index is 1.62. The van der Waals surface area contributed by atoms with E-state index in [9.17, 15) is 23.5 Å². The molecule has 4 rings (SSSR count). The summed E-state index contributed by atoms with van der Waals surface area (Å²) in [6.07, 6.45) is -4.98. The number of nitrogens with one attached hydrogen (secondary N) is 1. The number of aliphatic hydroxyl groups excluding tert-OH is 1. The fourth-order valence-corrected chi connectivity index (χ4v) is 5.31. The van der Waals surface area contributed by atoms with Crippen molar-refractivity contribution in [2.24, 2.45) is 0 Å². The predicted octanol–water partition coefficient (Wildman–Crippen LogP) is 5.99. The quantitative estimate of drug-likeness (QED) is 0.123. The van der Waals surface area contributed by atoms with E-state index in [-0.39, 0.29) is 11.7 Å². The van der Waals surface area contributed by atoms with Gasteiger partial charge in [-0.25, -0.2) is 4.79 Å². The van der Waals surface area contributed by atoms with Crippen molar-refractivity contribution in [3.8, 4) is 17.0 Å². The number of carboxylic acid groups (broad SMARTS) is 1. The number of carboxylic acids is 1. The molecule has 0 spiro atoms. The third-order valence-corrected chi connectivity index (χ3v) is 7.46. The fourth-order valence-electron chi connectivity index (χ4n) is 4.23. The zero-order valence-corrected chi connectivity index (χ0v) is 25.2. The number of amides is 1. The number of ether oxygens (including phenoxy) is 1. The fraction of sp³-hybridized carbons (Fsp3) is 0.233. The molecule has 0 radical (unpaired) electrons. The van der Waals surface area contributed by atoms with E-state index in [1.807, 2.05) is 35.0 Å². The van der Waals surface area contributed by atoms with Crippen LogP contribution in [-0.4, -0.2) is 55.1 Å². The molecule has 0 saturated heterocycles. The van der Waals surface area contributed by atoms with Crippen LogP contribution in [-0.2, 0) is 11.3 Å². The molecule has 3 N–H and O–H groups in total. The third-order valence-electron chi connectivity index (χ3n) is 6.33. The van der Waals surface area contributed by atoms with Gasteiger partial charge in [-0.05, 0) is 65.7 Å². The monoisotopic (exact) mass is 709 g/mol. The minimum absolute atomic E-state index is 0.0313. The number of alkyl halides is 3. The van der Waals surface area contributed by atoms with E-state index >= 15 is 0 Å². The molecule has 1 heterocycles. The van der Waals surface area contributed by atoms with Crippen molar-refractivity contribution >= 4 is 46.1 Å². The normalized spacial score (nSPS) is 12.9. The van der Waals surface area contributed by atoms with Gasteiger partial charge in [-0.1, -0.05) is 58.5 Å². The van der Waals surface area contributed by atoms with Crippen LogP contribution in [0.15, 0.2) is 78.9 Å². The molecule has 0 saturated carbocycles. The van der Waals surface area contributed by atoms with Crippen molar-refractivity contribution in [1.29, 1.82) is 0 Å². The first-order chi connectivity index (χ1) is 19.9. The summed E-state index contributed by atoms with van der Waals surface area (Å²) in [5.74, 6) is -1.92. The first kappa shape index (κ1) is 31.4. The molecule has 1 aromatic heterocycles. The van der Waals surface area contributed by atoms with Gasteiger partial charge in [0, 0.05) is 39.1 Å². The molecule has 1 amide bonds. The minimum Gasteiger partial charge on any atom is -0.479 e. The summed E-state index contributed by atoms with van der Waals surface area (Å²) >= 11 is 8.44. The second kappa shape index (κ2) is 13.6. The van der Waals surface area contributed by atoms with Gasteiger partial charge >= 0.3 is 12.1 Å². The van der Waals surface area contributed by atoms with Crippen LogP contribution in [0.2, 0.25) is 5.02 Å². The second-order valence-electron chi connectivity index (χ2n) is 9.57. The summed E-state index contributed by atoms with van der Waals surface area (Å²) < 4.78 is 33.8. The summed E-state index contributed by atoms with van der Waals surface area (Å²) in [6, 6.07) is 22.6. The molecule has 8 nitrogen and oxygen atoms in total. The van der Waals surface area contributed by atoms with E-state index in [1.54, 1.807) is 36.4 Å². The smallest absolute Gasteiger partial charge is 0.394 e. The van der Waals surface area contributed by atoms with E-state index in [0.29, 0.717) is 29.7 Å². The van der Waals surface area contributed by atoms with Crippen LogP contribution < -0.4 is 10.1 Å². The van der Waals surface area contributed by atoms with Gasteiger partial charge in [0.05, 0.1) is 18.8 Å². The van der Waals surface area contributed by atoms with Gasteiger partial charge in [0.2, 0.25) is 0 Å². The largest absolute Gasteiger partial charge is 0.479 e. The molecule has 0 aliphatic rings. The van der Waals surface area contributed by atoms with E-state index in [2.05, 4.69) is 32.6 Å². The maximum absolute atomic E-state index is 13.3. The Morgan fingerprint density at radius 1 is 1.07 bits per heavy atom. The number of aliphatic carboxylic acids is 1. The molecule has 0 fully saturated rings. The van der Waals surface area contributed by atoms with Crippen molar-refractivity contribution in [3.63, 3.8) is 0 Å². The van der Waals surface area contributed by atoms with Crippen LogP contribution in [0.5, 0.6) is 5.75 Å². The van der Waals surface area contributed by atoms with Crippen LogP contribution in [0.25, 0.3) is 11.3 Å². The van der Waals surface area contributed by atoms with Crippen LogP contribution in [0, 0.1) is 0 Å². The number of carbonyl (C=O) groups is 2. The standard InChI is InChI=1S/C30H27ClF2IN3O5/c1-30(32,33)42-23-12-8-20(9-13-23)25-14-26(24(15-34)19-6-10-22(31)11-7-19)37(36-25)17-18-2-4-21(5-3-18)28(39)35-16-27(38)29(40)41/h2-14,24,27,38H,15-17H2,1H3,(H,35,39)(H,40,41). The topological polar surface area (TPSA) is 114 Å². The van der Waals surface area contributed by atoms with Crippen molar-refractivity contribution in [3.05, 3.63) is 106 Å². The lowest BCUT2D eigenvalue weighted by Gasteiger charge is -2.17. The van der Waals surface area contributed by atoms with Crippen molar-refractivity contribution < 1.29 is 33.3 Å². The molecule has 4 aromatic rings. The lowest BCUT2D eigenvalue weighted by Crippen LogP contribution is -2.36. The van der Waals surface area contributed by atoms with Crippen LogP contribution in [0.4, 0.5) is 8.78 Å². The van der Waals surface area contributed by atoms with Gasteiger partial charge in [0.1, 0.15) is 5.75 Å². The summed E-state index contributed by atoms with van der Waals surface area (Å²) in [4.78, 5) is 23.1. The number of hydrogen-bond donors (Lipinski definition) is 3. The highest BCUT2D eigenvalue weighted by molar-refractivity contribution is 14.1. The first-order valence-corrected chi connectivity index (χ1v) is 14.7. The predicted molar refractivity (Wildman–Crippen MR) is 163 cm³/mol. The van der Waals surface area contributed by atoms with Crippen LogP contribution in [0.3, 0.4) is 0 Å². The Bertz CT molecular complexity index is 1520. The van der Waals surface area contributed by atoms with Gasteiger partial charge in [-0.15, -0.1) is 0 Å². The zero-order valence-electron chi connectivity index (χ0n) is 22.3. The van der Waals surface area contributed by atoms with E-state index < -0.39 is 30.6 Å². The molecule has 0 aliphatic heterocycles. The minimum atomic E-state index is -3.29. The number of carbonyl (C=O) groups excluding carboxylic acids is 1. The molecule has 2 unspecified atom stereocenters. The first-order valence-electron chi connectivity index (χ1n) is 12.8. The summed E-state index contributed by atoms with van der Waals surface area (Å²) in [7, 11) is 0. The molecular formula is C30H27ClF2IN3O5. The average molecular weight is 710 g/mol. The number of aromatic nitrogens is 2. The summed E-state index contributed by atoms with van der Waals surface area (Å²) in [6.45, 7) is 0.642. The number of halogens is 4. The van der Waals surface area contributed by atoms with Gasteiger partial charge in [-0.2, -0.15) is 13.9 Å². The Kier molecular flexibility index (Phi) is 10.2. The van der Waals surface area contributed by atoms with Crippen LogP contribution >= 0.6 is 34.2 Å².